The third kappa shape index (κ3) is 4.54. The molecule has 5 rings (SSSR count). The molecule has 2 aromatic heterocycles. The zero-order valence-electron chi connectivity index (χ0n) is 17.9. The van der Waals surface area contributed by atoms with Gasteiger partial charge < -0.3 is 9.13 Å². The molecule has 0 N–H and O–H groups in total. The van der Waals surface area contributed by atoms with E-state index in [4.69, 9.17) is 4.99 Å². The highest BCUT2D eigenvalue weighted by Gasteiger charge is 2.15. The van der Waals surface area contributed by atoms with Crippen molar-refractivity contribution in [3.05, 3.63) is 83.3 Å². The number of rotatable bonds is 5. The summed E-state index contributed by atoms with van der Waals surface area (Å²) in [5.74, 6) is 2.08. The normalized spacial score (nSPS) is 13.8. The number of allylic oxidation sites excluding steroid dienone is 1. The highest BCUT2D eigenvalue weighted by atomic mass is 79.9. The third-order valence-corrected chi connectivity index (χ3v) is 6.50. The summed E-state index contributed by atoms with van der Waals surface area (Å²) in [5, 5.41) is 11.1. The molecule has 1 aliphatic rings. The molecule has 2 aromatic carbocycles. The van der Waals surface area contributed by atoms with Gasteiger partial charge in [-0.3, -0.25) is 0 Å². The minimum absolute atomic E-state index is 0. The summed E-state index contributed by atoms with van der Waals surface area (Å²) in [7, 11) is 0. The van der Waals surface area contributed by atoms with Gasteiger partial charge in [0, 0.05) is 30.5 Å². The molecule has 0 spiro atoms. The van der Waals surface area contributed by atoms with E-state index in [1.807, 2.05) is 12.1 Å². The molecule has 4 aromatic rings. The number of thiazole rings is 1. The number of aryl methyl sites for hydroxylation is 1. The van der Waals surface area contributed by atoms with Crippen LogP contribution in [-0.4, -0.2) is 19.3 Å². The van der Waals surface area contributed by atoms with Gasteiger partial charge in [-0.15, -0.1) is 45.1 Å². The zero-order chi connectivity index (χ0) is 21.0. The second-order valence-electron chi connectivity index (χ2n) is 7.73. The van der Waals surface area contributed by atoms with Gasteiger partial charge in [0.15, 0.2) is 10.6 Å². The molecule has 0 fully saturated rings. The molecule has 0 saturated heterocycles. The number of nitrogens with zero attached hydrogens (tertiary/aromatic N) is 5. The lowest BCUT2D eigenvalue weighted by Crippen LogP contribution is -2.14. The molecule has 1 aliphatic heterocycles. The molecule has 32 heavy (non-hydrogen) atoms. The van der Waals surface area contributed by atoms with Crippen LogP contribution < -0.4 is 4.80 Å². The lowest BCUT2D eigenvalue weighted by Gasteiger charge is -2.07. The second-order valence-corrected chi connectivity index (χ2v) is 8.57. The van der Waals surface area contributed by atoms with Crippen molar-refractivity contribution in [2.75, 3.05) is 0 Å². The highest BCUT2D eigenvalue weighted by molar-refractivity contribution is 8.93. The van der Waals surface area contributed by atoms with E-state index < -0.39 is 0 Å². The first kappa shape index (κ1) is 22.4. The van der Waals surface area contributed by atoms with Crippen molar-refractivity contribution < 1.29 is 0 Å². The number of benzene rings is 2. The third-order valence-electron chi connectivity index (χ3n) is 5.64. The van der Waals surface area contributed by atoms with Crippen LogP contribution in [0.3, 0.4) is 0 Å². The molecule has 0 aliphatic carbocycles. The van der Waals surface area contributed by atoms with E-state index in [9.17, 15) is 0 Å². The van der Waals surface area contributed by atoms with Crippen molar-refractivity contribution in [2.45, 2.75) is 38.8 Å². The van der Waals surface area contributed by atoms with Gasteiger partial charge in [-0.25, -0.2) is 4.99 Å². The smallest absolute Gasteiger partial charge is 0.190 e. The first-order valence-electron chi connectivity index (χ1n) is 10.8. The Morgan fingerprint density at radius 2 is 1.78 bits per heavy atom. The quantitative estimate of drug-likeness (QED) is 0.302. The van der Waals surface area contributed by atoms with Gasteiger partial charge in [-0.1, -0.05) is 42.8 Å². The predicted octanol–water partition coefficient (Wildman–Crippen LogP) is 6.20. The van der Waals surface area contributed by atoms with Crippen LogP contribution >= 0.6 is 28.3 Å². The van der Waals surface area contributed by atoms with Gasteiger partial charge in [-0.05, 0) is 42.7 Å². The van der Waals surface area contributed by atoms with Gasteiger partial charge in [0.25, 0.3) is 0 Å². The maximum Gasteiger partial charge on any atom is 0.190 e. The fraction of sp³-hybridized carbons (Fsp3) is 0.240. The zero-order valence-corrected chi connectivity index (χ0v) is 20.4. The van der Waals surface area contributed by atoms with E-state index in [2.05, 4.69) is 79.8 Å². The Kier molecular flexibility index (Phi) is 7.17. The number of hydrogen-bond acceptors (Lipinski definition) is 4. The summed E-state index contributed by atoms with van der Waals surface area (Å²) in [6.45, 7) is 5.65. The Labute approximate surface area is 202 Å². The molecule has 0 unspecified atom stereocenters. The maximum absolute atomic E-state index is 4.92. The number of halogens is 1. The Bertz CT molecular complexity index is 1250. The van der Waals surface area contributed by atoms with Crippen LogP contribution in [0.15, 0.2) is 77.6 Å². The molecule has 0 atom stereocenters. The fourth-order valence-corrected chi connectivity index (χ4v) is 5.00. The van der Waals surface area contributed by atoms with E-state index in [0.29, 0.717) is 0 Å². The average molecular weight is 508 g/mol. The Balaban J connectivity index is 0.00000245. The van der Waals surface area contributed by atoms with E-state index in [1.54, 1.807) is 11.3 Å². The molecule has 164 valence electrons. The van der Waals surface area contributed by atoms with Crippen molar-refractivity contribution in [1.82, 2.24) is 19.3 Å². The molecule has 0 radical (unpaired) electrons. The molecule has 0 bridgehead atoms. The fourth-order valence-electron chi connectivity index (χ4n) is 4.06. The number of hydrogen-bond donors (Lipinski definition) is 0. The number of aromatic nitrogens is 4. The Morgan fingerprint density at radius 1 is 0.969 bits per heavy atom. The van der Waals surface area contributed by atoms with Gasteiger partial charge >= 0.3 is 0 Å². The number of fused-ring (bicyclic) bond motifs is 1. The molecule has 3 heterocycles. The molecular weight excluding hydrogens is 482 g/mol. The summed E-state index contributed by atoms with van der Waals surface area (Å²) < 4.78 is 4.49. The van der Waals surface area contributed by atoms with Crippen LogP contribution in [0.5, 0.6) is 0 Å². The molecule has 5 nitrogen and oxygen atoms in total. The molecular formula is C25H26BrN5S. The molecule has 7 heteroatoms. The van der Waals surface area contributed by atoms with Crippen molar-refractivity contribution >= 4 is 34.0 Å². The average Bonchev–Trinajstić information content (AvgIpc) is 3.31. The van der Waals surface area contributed by atoms with Crippen molar-refractivity contribution in [3.63, 3.8) is 0 Å². The van der Waals surface area contributed by atoms with E-state index in [1.165, 1.54) is 24.8 Å². The predicted molar refractivity (Wildman–Crippen MR) is 136 cm³/mol. The minimum atomic E-state index is 0. The molecule has 0 saturated carbocycles. The van der Waals surface area contributed by atoms with Crippen LogP contribution in [0.1, 0.15) is 25.1 Å². The van der Waals surface area contributed by atoms with Crippen LogP contribution in [0.25, 0.3) is 22.6 Å². The van der Waals surface area contributed by atoms with Crippen LogP contribution in [-0.2, 0) is 19.5 Å². The SMILES string of the molecule is Br.C=CCn1c(-c2ccccc2)csc1=Nc1ccc(-c2nnc3n2CCCCC3)cc1. The molecule has 0 amide bonds. The lowest BCUT2D eigenvalue weighted by atomic mass is 10.2. The van der Waals surface area contributed by atoms with E-state index in [-0.39, 0.29) is 17.0 Å². The Hall–Kier alpha value is -2.77. The maximum atomic E-state index is 4.92. The van der Waals surface area contributed by atoms with E-state index in [0.717, 1.165) is 52.9 Å². The lowest BCUT2D eigenvalue weighted by molar-refractivity contribution is 0.636. The highest BCUT2D eigenvalue weighted by Crippen LogP contribution is 2.25. The minimum Gasteiger partial charge on any atom is -0.313 e. The van der Waals surface area contributed by atoms with Gasteiger partial charge in [0.1, 0.15) is 5.82 Å². The van der Waals surface area contributed by atoms with Crippen molar-refractivity contribution in [2.24, 2.45) is 4.99 Å². The summed E-state index contributed by atoms with van der Waals surface area (Å²) in [4.78, 5) is 5.88. The summed E-state index contributed by atoms with van der Waals surface area (Å²) >= 11 is 1.65. The van der Waals surface area contributed by atoms with Crippen molar-refractivity contribution in [3.8, 4) is 22.6 Å². The van der Waals surface area contributed by atoms with Gasteiger partial charge in [-0.2, -0.15) is 0 Å². The first-order chi connectivity index (χ1) is 15.3. The van der Waals surface area contributed by atoms with E-state index >= 15 is 0 Å². The Morgan fingerprint density at radius 3 is 2.56 bits per heavy atom. The first-order valence-corrected chi connectivity index (χ1v) is 11.6. The monoisotopic (exact) mass is 507 g/mol. The largest absolute Gasteiger partial charge is 0.313 e. The standard InChI is InChI=1S/C25H25N5S.BrH/c1-2-16-29-22(19-9-5-3-6-10-19)18-31-25(29)26-21-14-12-20(13-15-21)24-28-27-23-11-7-4-8-17-30(23)24;/h2-3,5-6,9-10,12-15,18H,1,4,7-8,11,16-17H2;1H. The summed E-state index contributed by atoms with van der Waals surface area (Å²) in [5.41, 5.74) is 4.37. The summed E-state index contributed by atoms with van der Waals surface area (Å²) in [6, 6.07) is 18.7. The van der Waals surface area contributed by atoms with Gasteiger partial charge in [0.05, 0.1) is 11.4 Å². The van der Waals surface area contributed by atoms with Crippen molar-refractivity contribution in [1.29, 1.82) is 0 Å². The topological polar surface area (TPSA) is 48.0 Å². The van der Waals surface area contributed by atoms with Crippen LogP contribution in [0.4, 0.5) is 5.69 Å². The summed E-state index contributed by atoms with van der Waals surface area (Å²) in [6.07, 6.45) is 6.59. The van der Waals surface area contributed by atoms with Crippen LogP contribution in [0, 0.1) is 0 Å². The second kappa shape index (κ2) is 10.2. The van der Waals surface area contributed by atoms with Gasteiger partial charge in [0.2, 0.25) is 0 Å². The van der Waals surface area contributed by atoms with Crippen LogP contribution in [0.2, 0.25) is 0 Å².